The second-order valence-electron chi connectivity index (χ2n) is 7.66. The number of hydrogen-bond donors (Lipinski definition) is 4. The summed E-state index contributed by atoms with van der Waals surface area (Å²) in [7, 11) is 0. The maximum Gasteiger partial charge on any atom is 0.166 e. The number of rotatable bonds is 12. The Bertz CT molecular complexity index is 913. The Balaban J connectivity index is 0.00000265. The van der Waals surface area contributed by atoms with Crippen molar-refractivity contribution in [1.82, 2.24) is 5.53 Å². The van der Waals surface area contributed by atoms with Crippen LogP contribution in [0.15, 0.2) is 41.5 Å². The van der Waals surface area contributed by atoms with Crippen molar-refractivity contribution in [3.05, 3.63) is 53.1 Å². The number of nitrogens with one attached hydrogen (secondary N) is 1. The van der Waals surface area contributed by atoms with Crippen LogP contribution in [-0.4, -0.2) is 29.9 Å². The molecule has 182 valence electrons. The van der Waals surface area contributed by atoms with E-state index in [0.29, 0.717) is 47.8 Å². The van der Waals surface area contributed by atoms with E-state index in [2.05, 4.69) is 10.6 Å². The fourth-order valence-corrected chi connectivity index (χ4v) is 3.00. The molecule has 0 saturated carbocycles. The molecule has 2 rings (SSSR count). The molecule has 2 aromatic rings. The molecule has 6 N–H and O–H groups in total. The van der Waals surface area contributed by atoms with Gasteiger partial charge in [-0.25, -0.2) is 11.4 Å². The van der Waals surface area contributed by atoms with Gasteiger partial charge in [0.1, 0.15) is 17.2 Å². The first kappa shape index (κ1) is 27.8. The number of Topliss-reactive ketones (excluding diaryl/α,β-unsaturated/α-hetero) is 1. The fourth-order valence-electron chi connectivity index (χ4n) is 3.00. The summed E-state index contributed by atoms with van der Waals surface area (Å²) in [6.45, 7) is 10.7. The molecule has 0 spiro atoms. The molecule has 0 unspecified atom stereocenters. The topological polar surface area (TPSA) is 132 Å². The third kappa shape index (κ3) is 9.02. The number of nitrogens with two attached hydrogens (primary N) is 2. The number of ether oxygens (including phenoxy) is 2. The molecule has 0 aliphatic heterocycles. The van der Waals surface area contributed by atoms with Crippen molar-refractivity contribution >= 4 is 11.6 Å². The third-order valence-electron chi connectivity index (χ3n) is 4.66. The molecule has 0 atom stereocenters. The number of phenols is 1. The number of hydrogen-bond acceptors (Lipinski definition) is 7. The SMILES string of the molecule is CC.Cc1c(OCCCCOc2cccc(/C(N)=N/NN)c2)ccc(C(=O)CC(C)C)c1O. The van der Waals surface area contributed by atoms with Gasteiger partial charge in [0.15, 0.2) is 11.6 Å². The van der Waals surface area contributed by atoms with Gasteiger partial charge < -0.3 is 20.3 Å². The second kappa shape index (κ2) is 14.7. The number of hydrazine groups is 1. The van der Waals surface area contributed by atoms with E-state index in [-0.39, 0.29) is 23.3 Å². The number of carbonyl (C=O) groups is 1. The highest BCUT2D eigenvalue weighted by Crippen LogP contribution is 2.31. The summed E-state index contributed by atoms with van der Waals surface area (Å²) in [5.41, 5.74) is 9.60. The van der Waals surface area contributed by atoms with Crippen LogP contribution in [0, 0.1) is 12.8 Å². The lowest BCUT2D eigenvalue weighted by molar-refractivity contribution is 0.0965. The molecular formula is C25H38N4O4. The molecule has 0 aromatic heterocycles. The zero-order valence-corrected chi connectivity index (χ0v) is 20.4. The quantitative estimate of drug-likeness (QED) is 0.0932. The van der Waals surface area contributed by atoms with Gasteiger partial charge in [-0.1, -0.05) is 39.8 Å². The summed E-state index contributed by atoms with van der Waals surface area (Å²) < 4.78 is 11.5. The van der Waals surface area contributed by atoms with Crippen LogP contribution >= 0.6 is 0 Å². The molecule has 0 fully saturated rings. The van der Waals surface area contributed by atoms with Gasteiger partial charge in [0.2, 0.25) is 0 Å². The molecule has 0 radical (unpaired) electrons. The highest BCUT2D eigenvalue weighted by molar-refractivity contribution is 5.99. The lowest BCUT2D eigenvalue weighted by Crippen LogP contribution is -2.23. The van der Waals surface area contributed by atoms with Gasteiger partial charge >= 0.3 is 0 Å². The van der Waals surface area contributed by atoms with Gasteiger partial charge in [-0.2, -0.15) is 0 Å². The fraction of sp³-hybridized carbons (Fsp3) is 0.440. The Kier molecular flexibility index (Phi) is 12.4. The first-order chi connectivity index (χ1) is 15.8. The highest BCUT2D eigenvalue weighted by Gasteiger charge is 2.17. The summed E-state index contributed by atoms with van der Waals surface area (Å²) in [6.07, 6.45) is 1.96. The number of ketones is 1. The van der Waals surface area contributed by atoms with E-state index in [1.54, 1.807) is 25.1 Å². The first-order valence-electron chi connectivity index (χ1n) is 11.3. The summed E-state index contributed by atoms with van der Waals surface area (Å²) in [5, 5.41) is 14.1. The Labute approximate surface area is 196 Å². The molecule has 0 saturated heterocycles. The van der Waals surface area contributed by atoms with Gasteiger partial charge in [-0.3, -0.25) is 4.79 Å². The van der Waals surface area contributed by atoms with Crippen LogP contribution in [0.2, 0.25) is 0 Å². The zero-order chi connectivity index (χ0) is 24.8. The maximum absolute atomic E-state index is 12.2. The van der Waals surface area contributed by atoms with Crippen molar-refractivity contribution in [2.75, 3.05) is 13.2 Å². The standard InChI is InChI=1S/C23H32N4O4.C2H6/c1-15(2)13-20(28)19-9-10-21(16(3)22(19)29)31-12-5-4-11-30-18-8-6-7-17(14-18)23(24)26-27-25;1-2/h6-10,14-15,27,29H,4-5,11-13,25H2,1-3H3,(H2,24,26);1-2H3. The molecule has 33 heavy (non-hydrogen) atoms. The summed E-state index contributed by atoms with van der Waals surface area (Å²) >= 11 is 0. The summed E-state index contributed by atoms with van der Waals surface area (Å²) in [4.78, 5) is 12.2. The Hall–Kier alpha value is -3.26. The zero-order valence-electron chi connectivity index (χ0n) is 20.4. The number of unbranched alkanes of at least 4 members (excludes halogenated alkanes) is 1. The molecule has 8 nitrogen and oxygen atoms in total. The van der Waals surface area contributed by atoms with Crippen molar-refractivity contribution < 1.29 is 19.4 Å². The van der Waals surface area contributed by atoms with Crippen LogP contribution in [0.25, 0.3) is 0 Å². The number of aromatic hydroxyl groups is 1. The number of phenolic OH excluding ortho intramolecular Hbond substituents is 1. The van der Waals surface area contributed by atoms with Gasteiger partial charge in [0.25, 0.3) is 0 Å². The molecular weight excluding hydrogens is 420 g/mol. The van der Waals surface area contributed by atoms with Gasteiger partial charge in [0, 0.05) is 17.5 Å². The van der Waals surface area contributed by atoms with Gasteiger partial charge in [-0.05, 0) is 49.9 Å². The van der Waals surface area contributed by atoms with E-state index in [1.165, 1.54) is 0 Å². The van der Waals surface area contributed by atoms with Crippen LogP contribution in [0.1, 0.15) is 68.4 Å². The smallest absolute Gasteiger partial charge is 0.166 e. The normalized spacial score (nSPS) is 10.9. The Morgan fingerprint density at radius 1 is 1.12 bits per heavy atom. The monoisotopic (exact) mass is 458 g/mol. The van der Waals surface area contributed by atoms with E-state index >= 15 is 0 Å². The van der Waals surface area contributed by atoms with Crippen LogP contribution in [0.3, 0.4) is 0 Å². The van der Waals surface area contributed by atoms with E-state index in [1.807, 2.05) is 45.9 Å². The van der Waals surface area contributed by atoms with Crippen LogP contribution in [-0.2, 0) is 0 Å². The number of hydrazone groups is 1. The molecule has 0 aliphatic carbocycles. The van der Waals surface area contributed by atoms with Crippen LogP contribution in [0.5, 0.6) is 17.2 Å². The first-order valence-corrected chi connectivity index (χ1v) is 11.3. The number of benzene rings is 2. The predicted molar refractivity (Wildman–Crippen MR) is 133 cm³/mol. The maximum atomic E-state index is 12.2. The van der Waals surface area contributed by atoms with Crippen LogP contribution in [0.4, 0.5) is 0 Å². The van der Waals surface area contributed by atoms with E-state index < -0.39 is 0 Å². The van der Waals surface area contributed by atoms with Crippen molar-refractivity contribution in [2.45, 2.75) is 53.9 Å². The van der Waals surface area contributed by atoms with Crippen molar-refractivity contribution in [3.8, 4) is 17.2 Å². The molecule has 0 bridgehead atoms. The average Bonchev–Trinajstić information content (AvgIpc) is 2.80. The van der Waals surface area contributed by atoms with E-state index in [0.717, 1.165) is 12.8 Å². The molecule has 0 amide bonds. The summed E-state index contributed by atoms with van der Waals surface area (Å²) in [6, 6.07) is 10.7. The summed E-state index contributed by atoms with van der Waals surface area (Å²) in [5.74, 6) is 6.86. The number of amidine groups is 1. The van der Waals surface area contributed by atoms with E-state index in [4.69, 9.17) is 21.1 Å². The number of carbonyl (C=O) groups excluding carboxylic acids is 1. The van der Waals surface area contributed by atoms with Crippen LogP contribution < -0.4 is 26.6 Å². The second-order valence-corrected chi connectivity index (χ2v) is 7.66. The van der Waals surface area contributed by atoms with Gasteiger partial charge in [-0.15, -0.1) is 5.10 Å². The lowest BCUT2D eigenvalue weighted by Gasteiger charge is -2.13. The largest absolute Gasteiger partial charge is 0.507 e. The van der Waals surface area contributed by atoms with Crippen molar-refractivity contribution in [2.24, 2.45) is 22.6 Å². The highest BCUT2D eigenvalue weighted by atomic mass is 16.5. The Morgan fingerprint density at radius 3 is 2.42 bits per heavy atom. The average molecular weight is 459 g/mol. The van der Waals surface area contributed by atoms with Crippen molar-refractivity contribution in [3.63, 3.8) is 0 Å². The van der Waals surface area contributed by atoms with Crippen molar-refractivity contribution in [1.29, 1.82) is 0 Å². The molecule has 8 heteroatoms. The minimum atomic E-state index is -0.0595. The molecule has 0 heterocycles. The molecule has 2 aromatic carbocycles. The lowest BCUT2D eigenvalue weighted by atomic mass is 9.98. The minimum absolute atomic E-state index is 0.000914. The van der Waals surface area contributed by atoms with Gasteiger partial charge in [0.05, 0.1) is 18.8 Å². The van der Waals surface area contributed by atoms with E-state index in [9.17, 15) is 9.90 Å². The third-order valence-corrected chi connectivity index (χ3v) is 4.66. The number of nitrogens with zero attached hydrogens (tertiary/aromatic N) is 1. The Morgan fingerprint density at radius 2 is 1.79 bits per heavy atom. The molecule has 0 aliphatic rings. The predicted octanol–water partition coefficient (Wildman–Crippen LogP) is 4.28. The minimum Gasteiger partial charge on any atom is -0.507 e.